The van der Waals surface area contributed by atoms with Crippen LogP contribution in [0.3, 0.4) is 0 Å². The van der Waals surface area contributed by atoms with Crippen molar-refractivity contribution >= 4 is 58.6 Å². The maximum Gasteiger partial charge on any atom is 0.342 e. The average Bonchev–Trinajstić information content (AvgIpc) is 3.46. The fraction of sp³-hybridized carbons (Fsp3) is 0.524. The number of hydrogen-bond donors (Lipinski definition) is 3. The summed E-state index contributed by atoms with van der Waals surface area (Å²) in [5.74, 6) is -6.83. The molecule has 61 heavy (non-hydrogen) atoms. The van der Waals surface area contributed by atoms with Crippen molar-refractivity contribution in [1.29, 1.82) is 0 Å². The third kappa shape index (κ3) is 8.02. The van der Waals surface area contributed by atoms with E-state index in [1.165, 1.54) is 25.3 Å². The minimum atomic E-state index is -3.60. The van der Waals surface area contributed by atoms with Crippen molar-refractivity contribution in [1.82, 2.24) is 30.4 Å². The van der Waals surface area contributed by atoms with Gasteiger partial charge in [-0.25, -0.2) is 4.98 Å². The second-order valence-corrected chi connectivity index (χ2v) is 16.7. The molecular formula is C42H50F2N10O7. The predicted octanol–water partition coefficient (Wildman–Crippen LogP) is 2.80. The Balaban J connectivity index is 0.817. The molecule has 4 aliphatic heterocycles. The number of nitrogens with zero attached hydrogens (tertiary/aromatic N) is 7. The van der Waals surface area contributed by atoms with Crippen LogP contribution in [0.5, 0.6) is 0 Å². The van der Waals surface area contributed by atoms with Crippen molar-refractivity contribution in [2.75, 3.05) is 66.9 Å². The topological polar surface area (TPSA) is 190 Å². The van der Waals surface area contributed by atoms with E-state index >= 15 is 0 Å². The summed E-state index contributed by atoms with van der Waals surface area (Å²) >= 11 is 0. The van der Waals surface area contributed by atoms with E-state index in [1.54, 1.807) is 32.1 Å². The van der Waals surface area contributed by atoms with Crippen LogP contribution in [0.2, 0.25) is 0 Å². The molecule has 2 aromatic rings. The van der Waals surface area contributed by atoms with Crippen LogP contribution in [-0.4, -0.2) is 132 Å². The second kappa shape index (κ2) is 16.5. The third-order valence-corrected chi connectivity index (χ3v) is 12.7. The number of piperidine rings is 1. The van der Waals surface area contributed by atoms with Crippen molar-refractivity contribution in [3.05, 3.63) is 59.1 Å². The average molecular weight is 845 g/mol. The molecule has 17 nitrogen and oxygen atoms in total. The number of imide groups is 2. The first-order chi connectivity index (χ1) is 29.1. The Morgan fingerprint density at radius 2 is 1.70 bits per heavy atom. The number of carbonyl (C=O) groups excluding carboxylic acids is 6. The lowest BCUT2D eigenvalue weighted by Crippen LogP contribution is -2.54. The molecule has 5 heterocycles. The quantitative estimate of drug-likeness (QED) is 0.313. The van der Waals surface area contributed by atoms with Gasteiger partial charge in [-0.05, 0) is 76.6 Å². The smallest absolute Gasteiger partial charge is 0.342 e. The highest BCUT2D eigenvalue weighted by Gasteiger charge is 2.48. The Hall–Kier alpha value is -5.98. The molecule has 0 spiro atoms. The Morgan fingerprint density at radius 3 is 2.39 bits per heavy atom. The van der Waals surface area contributed by atoms with Crippen molar-refractivity contribution in [3.8, 4) is 0 Å². The van der Waals surface area contributed by atoms with E-state index in [9.17, 15) is 37.5 Å². The van der Waals surface area contributed by atoms with Gasteiger partial charge in [0, 0.05) is 63.5 Å². The molecule has 2 atom stereocenters. The third-order valence-electron chi connectivity index (χ3n) is 12.7. The van der Waals surface area contributed by atoms with E-state index < -0.39 is 54.0 Å². The van der Waals surface area contributed by atoms with Gasteiger partial charge in [-0.1, -0.05) is 6.08 Å². The summed E-state index contributed by atoms with van der Waals surface area (Å²) in [6, 6.07) is 4.26. The molecule has 2 unspecified atom stereocenters. The van der Waals surface area contributed by atoms with Crippen LogP contribution in [0.1, 0.15) is 79.5 Å². The van der Waals surface area contributed by atoms with Gasteiger partial charge in [0.15, 0.2) is 5.82 Å². The summed E-state index contributed by atoms with van der Waals surface area (Å²) in [6.07, 6.45) is 9.04. The first-order valence-electron chi connectivity index (χ1n) is 20.8. The van der Waals surface area contributed by atoms with Crippen LogP contribution in [0, 0.1) is 5.92 Å². The zero-order valence-corrected chi connectivity index (χ0v) is 34.6. The highest BCUT2D eigenvalue weighted by molar-refractivity contribution is 6.23. The number of allylic oxidation sites excluding steroid dienone is 1. The standard InChI is InChI=1S/C42H50F2N10O7/c1-23(2)53-22-42(43,44)40(60)50(3)32-21-45-41(49-35(32)53)47-30-12-5-24(19-33(30)61-4)36(56)46-25-6-8-26(9-7-25)51-15-17-52(18-16-51)27-10-11-28-29(20-27)39(59)54(38(28)58)31-13-14-34(55)48-37(31)57/h10-12,19-21,23-26,31H,5-9,13-18,22H2,1-4H3,(H,46,56)(H,45,47,49)(H,48,55,57)/t24?,25-,26-,31?. The number of amides is 6. The van der Waals surface area contributed by atoms with Crippen LogP contribution in [0.4, 0.5) is 31.9 Å². The molecule has 6 aliphatic rings. The molecular weight excluding hydrogens is 795 g/mol. The molecule has 0 radical (unpaired) electrons. The number of carbonyl (C=O) groups is 6. The molecule has 2 saturated heterocycles. The number of aromatic nitrogens is 2. The van der Waals surface area contributed by atoms with Crippen LogP contribution < -0.4 is 30.7 Å². The van der Waals surface area contributed by atoms with Crippen molar-refractivity contribution < 1.29 is 42.3 Å². The fourth-order valence-corrected chi connectivity index (χ4v) is 9.19. The Kier molecular flexibility index (Phi) is 11.3. The zero-order valence-electron chi connectivity index (χ0n) is 34.6. The maximum absolute atomic E-state index is 14.8. The largest absolute Gasteiger partial charge is 0.495 e. The molecule has 19 heteroatoms. The van der Waals surface area contributed by atoms with Crippen LogP contribution in [0.25, 0.3) is 0 Å². The van der Waals surface area contributed by atoms with Gasteiger partial charge < -0.3 is 30.1 Å². The van der Waals surface area contributed by atoms with E-state index in [4.69, 9.17) is 4.74 Å². The van der Waals surface area contributed by atoms with Gasteiger partial charge in [0.05, 0.1) is 42.6 Å². The van der Waals surface area contributed by atoms with Crippen LogP contribution in [-0.2, 0) is 23.9 Å². The number of anilines is 4. The van der Waals surface area contributed by atoms with Gasteiger partial charge in [-0.2, -0.15) is 13.8 Å². The van der Waals surface area contributed by atoms with Gasteiger partial charge in [0.2, 0.25) is 23.7 Å². The summed E-state index contributed by atoms with van der Waals surface area (Å²) in [7, 11) is 2.78. The summed E-state index contributed by atoms with van der Waals surface area (Å²) in [4.78, 5) is 93.4. The number of hydrogen-bond acceptors (Lipinski definition) is 13. The molecule has 1 aromatic carbocycles. The van der Waals surface area contributed by atoms with Gasteiger partial charge >= 0.3 is 5.92 Å². The van der Waals surface area contributed by atoms with E-state index in [2.05, 4.69) is 35.7 Å². The minimum Gasteiger partial charge on any atom is -0.495 e. The number of fused-ring (bicyclic) bond motifs is 2. The number of methoxy groups -OCH3 is 1. The number of nitrogens with one attached hydrogen (secondary N) is 3. The minimum absolute atomic E-state index is 0.0357. The van der Waals surface area contributed by atoms with Crippen LogP contribution in [0.15, 0.2) is 48.0 Å². The van der Waals surface area contributed by atoms with E-state index in [-0.39, 0.29) is 59.4 Å². The lowest BCUT2D eigenvalue weighted by atomic mass is 9.89. The number of benzene rings is 1. The Bertz CT molecular complexity index is 2220. The second-order valence-electron chi connectivity index (χ2n) is 16.7. The van der Waals surface area contributed by atoms with E-state index in [0.717, 1.165) is 67.3 Å². The summed E-state index contributed by atoms with van der Waals surface area (Å²) in [5, 5.41) is 8.59. The van der Waals surface area contributed by atoms with Crippen molar-refractivity contribution in [2.24, 2.45) is 5.92 Å². The molecule has 3 N–H and O–H groups in total. The normalized spacial score (nSPS) is 25.7. The van der Waals surface area contributed by atoms with Crippen LogP contribution >= 0.6 is 0 Å². The first-order valence-corrected chi connectivity index (χ1v) is 20.8. The molecule has 1 saturated carbocycles. The molecule has 0 bridgehead atoms. The molecule has 6 amide bonds. The Labute approximate surface area is 351 Å². The molecule has 1 aromatic heterocycles. The van der Waals surface area contributed by atoms with E-state index in [0.29, 0.717) is 23.9 Å². The summed E-state index contributed by atoms with van der Waals surface area (Å²) < 4.78 is 35.2. The number of ether oxygens (including phenoxy) is 1. The first kappa shape index (κ1) is 41.7. The molecule has 2 aliphatic carbocycles. The Morgan fingerprint density at radius 1 is 0.984 bits per heavy atom. The summed E-state index contributed by atoms with van der Waals surface area (Å²) in [6.45, 7) is 5.80. The predicted molar refractivity (Wildman–Crippen MR) is 219 cm³/mol. The SMILES string of the molecule is COC1=CC(C(=O)N[C@H]2CC[C@H](N3CCN(c4ccc5c(c4)C(=O)N(C4CCC(=O)NC4=O)C5=O)CC3)CC2)CC=C1Nc1ncc2c(n1)N(C(C)C)CC(F)(F)C(=O)N2C. The van der Waals surface area contributed by atoms with E-state index in [1.807, 2.05) is 12.1 Å². The molecule has 8 rings (SSSR count). The van der Waals surface area contributed by atoms with Crippen molar-refractivity contribution in [3.63, 3.8) is 0 Å². The maximum atomic E-state index is 14.8. The van der Waals surface area contributed by atoms with Gasteiger partial charge in [-0.3, -0.25) is 43.9 Å². The van der Waals surface area contributed by atoms with Gasteiger partial charge in [0.25, 0.3) is 17.7 Å². The lowest BCUT2D eigenvalue weighted by molar-refractivity contribution is -0.140. The highest BCUT2D eigenvalue weighted by Crippen LogP contribution is 2.37. The molecule has 3 fully saturated rings. The number of piperazine rings is 1. The fourth-order valence-electron chi connectivity index (χ4n) is 9.19. The molecule has 324 valence electrons. The summed E-state index contributed by atoms with van der Waals surface area (Å²) in [5.41, 5.74) is 2.07. The lowest BCUT2D eigenvalue weighted by Gasteiger charge is -2.43. The monoisotopic (exact) mass is 844 g/mol. The van der Waals surface area contributed by atoms with Gasteiger partial charge in [-0.15, -0.1) is 0 Å². The van der Waals surface area contributed by atoms with Gasteiger partial charge in [0.1, 0.15) is 17.5 Å². The van der Waals surface area contributed by atoms with Crippen molar-refractivity contribution in [2.45, 2.75) is 88.9 Å². The highest BCUT2D eigenvalue weighted by atomic mass is 19.3. The zero-order chi connectivity index (χ0) is 43.3. The number of rotatable bonds is 9. The number of alkyl halides is 2. The number of halogens is 2.